The first-order valence-corrected chi connectivity index (χ1v) is 13.0. The van der Waals surface area contributed by atoms with Crippen LogP contribution < -0.4 is 10.1 Å². The average Bonchev–Trinajstić information content (AvgIpc) is 3.57. The van der Waals surface area contributed by atoms with Gasteiger partial charge in [-0.05, 0) is 43.7 Å². The molecule has 38 heavy (non-hydrogen) atoms. The van der Waals surface area contributed by atoms with E-state index in [1.165, 1.54) is 0 Å². The van der Waals surface area contributed by atoms with Crippen molar-refractivity contribution in [2.75, 3.05) is 12.4 Å². The lowest BCUT2D eigenvalue weighted by molar-refractivity contribution is 0.102. The van der Waals surface area contributed by atoms with Crippen LogP contribution in [0.25, 0.3) is 22.6 Å². The number of imidazole rings is 1. The van der Waals surface area contributed by atoms with Gasteiger partial charge in [0.15, 0.2) is 0 Å². The minimum atomic E-state index is -10.1. The Hall–Kier alpha value is -4.33. The van der Waals surface area contributed by atoms with Crippen LogP contribution in [-0.4, -0.2) is 37.4 Å². The maximum Gasteiger partial charge on any atom is 0.310 e. The topological polar surface area (TPSA) is 89.2 Å². The number of amides is 1. The number of benzene rings is 2. The molecule has 0 atom stereocenters. The Kier molecular flexibility index (Phi) is 5.22. The van der Waals surface area contributed by atoms with Crippen LogP contribution in [0, 0.1) is 13.8 Å². The lowest BCUT2D eigenvalue weighted by Gasteiger charge is -2.40. The first-order chi connectivity index (χ1) is 17.6. The van der Waals surface area contributed by atoms with Crippen LogP contribution in [0.2, 0.25) is 0 Å². The van der Waals surface area contributed by atoms with Crippen molar-refractivity contribution in [3.05, 3.63) is 77.9 Å². The maximum absolute atomic E-state index is 13.5. The van der Waals surface area contributed by atoms with Gasteiger partial charge >= 0.3 is 10.2 Å². The Labute approximate surface area is 212 Å². The number of hydrogen-bond donors (Lipinski definition) is 2. The van der Waals surface area contributed by atoms with Crippen molar-refractivity contribution in [1.82, 2.24) is 24.4 Å². The molecule has 0 fully saturated rings. The highest BCUT2D eigenvalue weighted by Crippen LogP contribution is 3.02. The van der Waals surface area contributed by atoms with Gasteiger partial charge < -0.3 is 10.1 Å². The van der Waals surface area contributed by atoms with Gasteiger partial charge in [0.2, 0.25) is 0 Å². The first-order valence-electron chi connectivity index (χ1n) is 11.1. The fraction of sp³-hybridized carbons (Fsp3) is 0.125. The third kappa shape index (κ3) is 4.69. The zero-order valence-electron chi connectivity index (χ0n) is 20.2. The largest absolute Gasteiger partial charge is 0.497 e. The Morgan fingerprint density at radius 1 is 1.05 bits per heavy atom. The summed E-state index contributed by atoms with van der Waals surface area (Å²) in [5.41, 5.74) is 3.73. The zero-order chi connectivity index (χ0) is 27.5. The number of fused-ring (bicyclic) bond motifs is 1. The molecule has 0 saturated carbocycles. The highest BCUT2D eigenvalue weighted by molar-refractivity contribution is 8.45. The number of rotatable bonds is 6. The second-order valence-corrected chi connectivity index (χ2v) is 11.2. The summed E-state index contributed by atoms with van der Waals surface area (Å²) in [4.78, 5) is 10.8. The number of halogens is 5. The zero-order valence-corrected chi connectivity index (χ0v) is 21.0. The van der Waals surface area contributed by atoms with E-state index in [-0.39, 0.29) is 17.8 Å². The highest BCUT2D eigenvalue weighted by atomic mass is 32.5. The first kappa shape index (κ1) is 25.3. The van der Waals surface area contributed by atoms with Gasteiger partial charge in [0.1, 0.15) is 16.3 Å². The third-order valence-electron chi connectivity index (χ3n) is 5.87. The predicted octanol–water partition coefficient (Wildman–Crippen LogP) is 7.05. The smallest absolute Gasteiger partial charge is 0.310 e. The molecule has 0 unspecified atom stereocenters. The molecule has 0 radical (unpaired) electrons. The van der Waals surface area contributed by atoms with Crippen LogP contribution in [0.4, 0.5) is 25.1 Å². The summed E-state index contributed by atoms with van der Waals surface area (Å²) in [6.07, 6.45) is 5.09. The molecule has 0 saturated heterocycles. The molecule has 3 heterocycles. The van der Waals surface area contributed by atoms with Crippen LogP contribution in [0.3, 0.4) is 0 Å². The summed E-state index contributed by atoms with van der Waals surface area (Å²) in [5, 5.41) is 13.8. The average molecular weight is 553 g/mol. The van der Waals surface area contributed by atoms with Gasteiger partial charge in [0, 0.05) is 35.7 Å². The van der Waals surface area contributed by atoms with Crippen molar-refractivity contribution < 1.29 is 29.0 Å². The monoisotopic (exact) mass is 552 g/mol. The number of ether oxygens (including phenoxy) is 1. The number of carbonyl (C=O) groups is 1. The predicted molar refractivity (Wildman–Crippen MR) is 134 cm³/mol. The number of aryl methyl sites for hydroxylation is 2. The molecule has 2 aromatic carbocycles. The fourth-order valence-electron chi connectivity index (χ4n) is 4.02. The molecule has 3 aromatic heterocycles. The van der Waals surface area contributed by atoms with Gasteiger partial charge in [-0.3, -0.25) is 14.5 Å². The van der Waals surface area contributed by atoms with E-state index in [9.17, 15) is 24.2 Å². The molecule has 200 valence electrons. The van der Waals surface area contributed by atoms with E-state index in [1.54, 1.807) is 45.9 Å². The molecule has 5 aromatic rings. The van der Waals surface area contributed by atoms with Crippen molar-refractivity contribution in [3.63, 3.8) is 0 Å². The lowest BCUT2D eigenvalue weighted by atomic mass is 10.1. The molecule has 5 rings (SSSR count). The molecule has 0 aliphatic rings. The van der Waals surface area contributed by atoms with E-state index in [0.717, 1.165) is 30.0 Å². The molecule has 2 N–H and O–H groups in total. The summed E-state index contributed by atoms with van der Waals surface area (Å²) in [6.45, 7) is 3.67. The molecule has 1 amide bonds. The number of nitrogens with zero attached hydrogens (tertiary/aromatic N) is 4. The molecule has 0 aliphatic carbocycles. The van der Waals surface area contributed by atoms with E-state index in [2.05, 4.69) is 20.6 Å². The van der Waals surface area contributed by atoms with Crippen LogP contribution in [0.1, 0.15) is 21.6 Å². The summed E-state index contributed by atoms with van der Waals surface area (Å²) >= 11 is 0. The second-order valence-electron chi connectivity index (χ2n) is 8.77. The Morgan fingerprint density at radius 2 is 1.82 bits per heavy atom. The van der Waals surface area contributed by atoms with Gasteiger partial charge in [-0.25, -0.2) is 4.52 Å². The SMILES string of the molecule is COc1cc(C(=O)Nc2ccc(C)cc2-n2cc(C)n3nc(-c4cn[nH]c4)cc23)cc(S(F)(F)(F)(F)F)c1. The Balaban J connectivity index is 1.58. The number of nitrogens with one attached hydrogen (secondary N) is 2. The molecular weight excluding hydrogens is 531 g/mol. The van der Waals surface area contributed by atoms with Crippen molar-refractivity contribution in [2.24, 2.45) is 0 Å². The van der Waals surface area contributed by atoms with Crippen LogP contribution in [0.5, 0.6) is 5.75 Å². The second kappa shape index (κ2) is 7.84. The van der Waals surface area contributed by atoms with Crippen molar-refractivity contribution in [2.45, 2.75) is 18.7 Å². The molecular formula is C24H21F5N6O2S. The summed E-state index contributed by atoms with van der Waals surface area (Å²) in [5.74, 6) is -1.55. The lowest BCUT2D eigenvalue weighted by Crippen LogP contribution is -2.16. The van der Waals surface area contributed by atoms with Crippen LogP contribution in [-0.2, 0) is 0 Å². The van der Waals surface area contributed by atoms with Crippen molar-refractivity contribution >= 4 is 27.5 Å². The molecule has 14 heteroatoms. The Morgan fingerprint density at radius 3 is 2.47 bits per heavy atom. The number of hydrogen-bond acceptors (Lipinski definition) is 4. The van der Waals surface area contributed by atoms with Crippen LogP contribution >= 0.6 is 10.2 Å². The van der Waals surface area contributed by atoms with Gasteiger partial charge in [-0.2, -0.15) is 10.2 Å². The highest BCUT2D eigenvalue weighted by Gasteiger charge is 2.65. The minimum Gasteiger partial charge on any atom is -0.497 e. The van der Waals surface area contributed by atoms with Crippen LogP contribution in [0.15, 0.2) is 66.0 Å². The van der Waals surface area contributed by atoms with Gasteiger partial charge in [-0.1, -0.05) is 25.5 Å². The number of H-pyrrole nitrogens is 1. The van der Waals surface area contributed by atoms with E-state index >= 15 is 0 Å². The number of aromatic amines is 1. The summed E-state index contributed by atoms with van der Waals surface area (Å²) in [6, 6.07) is 8.12. The van der Waals surface area contributed by atoms with E-state index < -0.39 is 32.3 Å². The van der Waals surface area contributed by atoms with Crippen molar-refractivity contribution in [3.8, 4) is 22.7 Å². The number of anilines is 1. The quantitative estimate of drug-likeness (QED) is 0.221. The summed E-state index contributed by atoms with van der Waals surface area (Å²) < 4.78 is 75.8. The van der Waals surface area contributed by atoms with E-state index in [1.807, 2.05) is 19.9 Å². The fourth-order valence-corrected chi connectivity index (χ4v) is 4.71. The van der Waals surface area contributed by atoms with Gasteiger partial charge in [0.05, 0.1) is 36.1 Å². The number of methoxy groups -OCH3 is 1. The minimum absolute atomic E-state index is 0.124. The molecule has 0 aliphatic heterocycles. The van der Waals surface area contributed by atoms with Gasteiger partial charge in [0.25, 0.3) is 5.91 Å². The molecule has 0 bridgehead atoms. The van der Waals surface area contributed by atoms with E-state index in [0.29, 0.717) is 17.0 Å². The van der Waals surface area contributed by atoms with Crippen molar-refractivity contribution in [1.29, 1.82) is 0 Å². The normalized spacial score (nSPS) is 13.8. The third-order valence-corrected chi connectivity index (χ3v) is 6.99. The van der Waals surface area contributed by atoms with Gasteiger partial charge in [-0.15, -0.1) is 0 Å². The standard InChI is InChI=1S/C24H21F5N6O2S/c1-14-4-5-20(32-24(36)16-7-18(37-3)9-19(8-16)38(25,26,27,28)29)22(6-14)34-13-15(2)35-23(34)10-21(33-35)17-11-30-31-12-17/h4-13H,1-3H3,(H,30,31)(H,32,36). The van der Waals surface area contributed by atoms with E-state index in [4.69, 9.17) is 4.74 Å². The summed E-state index contributed by atoms with van der Waals surface area (Å²) in [7, 11) is -9.05. The maximum atomic E-state index is 13.5. The molecule has 8 nitrogen and oxygen atoms in total. The number of carbonyl (C=O) groups excluding carboxylic acids is 1. The number of aromatic nitrogens is 5. The molecule has 0 spiro atoms. The Bertz CT molecular complexity index is 1710.